The SMILES string of the molecule is Cc1c(-c2ccc(Cl)cc2)n(-c2ccccc2)c2[n+]1CCS2. The van der Waals surface area contributed by atoms with Crippen LogP contribution in [0, 0.1) is 6.92 Å². The summed E-state index contributed by atoms with van der Waals surface area (Å²) in [5.41, 5.74) is 4.98. The third-order valence-electron chi connectivity index (χ3n) is 4.07. The summed E-state index contributed by atoms with van der Waals surface area (Å²) in [6, 6.07) is 18.7. The molecule has 4 rings (SSSR count). The fourth-order valence-corrected chi connectivity index (χ4v) is 4.34. The first kappa shape index (κ1) is 13.9. The van der Waals surface area contributed by atoms with Gasteiger partial charge in [-0.2, -0.15) is 4.57 Å². The Morgan fingerprint density at radius 2 is 1.77 bits per heavy atom. The van der Waals surface area contributed by atoms with E-state index in [-0.39, 0.29) is 0 Å². The molecule has 3 aromatic rings. The third-order valence-corrected chi connectivity index (χ3v) is 5.37. The Kier molecular flexibility index (Phi) is 3.47. The topological polar surface area (TPSA) is 8.81 Å². The Morgan fingerprint density at radius 3 is 2.50 bits per heavy atom. The number of halogens is 1. The van der Waals surface area contributed by atoms with Gasteiger partial charge in [-0.3, -0.25) is 0 Å². The van der Waals surface area contributed by atoms with E-state index in [0.29, 0.717) is 0 Å². The molecule has 0 atom stereocenters. The van der Waals surface area contributed by atoms with Gasteiger partial charge in [0.25, 0.3) is 0 Å². The van der Waals surface area contributed by atoms with Crippen molar-refractivity contribution in [1.29, 1.82) is 0 Å². The first-order chi connectivity index (χ1) is 10.8. The average molecular weight is 328 g/mol. The molecular formula is C18H16ClN2S+. The molecule has 0 amide bonds. The minimum atomic E-state index is 0.772. The van der Waals surface area contributed by atoms with Crippen molar-refractivity contribution in [3.63, 3.8) is 0 Å². The maximum Gasteiger partial charge on any atom is 0.324 e. The molecule has 0 aliphatic carbocycles. The van der Waals surface area contributed by atoms with E-state index in [9.17, 15) is 0 Å². The highest BCUT2D eigenvalue weighted by molar-refractivity contribution is 7.99. The normalized spacial score (nSPS) is 13.4. The van der Waals surface area contributed by atoms with Crippen LogP contribution in [0.1, 0.15) is 5.69 Å². The lowest BCUT2D eigenvalue weighted by Gasteiger charge is -2.05. The predicted octanol–water partition coefficient (Wildman–Crippen LogP) is 4.50. The number of benzene rings is 2. The summed E-state index contributed by atoms with van der Waals surface area (Å²) in [5.74, 6) is 1.14. The van der Waals surface area contributed by atoms with E-state index in [1.54, 1.807) is 0 Å². The smallest absolute Gasteiger partial charge is 0.220 e. The minimum absolute atomic E-state index is 0.772. The summed E-state index contributed by atoms with van der Waals surface area (Å²) in [6.07, 6.45) is 0. The van der Waals surface area contributed by atoms with E-state index in [1.807, 2.05) is 23.9 Å². The third kappa shape index (κ3) is 2.16. The molecular weight excluding hydrogens is 312 g/mol. The fraction of sp³-hybridized carbons (Fsp3) is 0.167. The van der Waals surface area contributed by atoms with Gasteiger partial charge in [0.2, 0.25) is 0 Å². The van der Waals surface area contributed by atoms with E-state index < -0.39 is 0 Å². The molecule has 2 nitrogen and oxygen atoms in total. The molecule has 1 aromatic heterocycles. The Hall–Kier alpha value is -1.71. The largest absolute Gasteiger partial charge is 0.324 e. The number of thioether (sulfide) groups is 1. The zero-order valence-electron chi connectivity index (χ0n) is 12.3. The van der Waals surface area contributed by atoms with E-state index in [4.69, 9.17) is 11.6 Å². The van der Waals surface area contributed by atoms with Crippen LogP contribution in [0.25, 0.3) is 16.9 Å². The van der Waals surface area contributed by atoms with Crippen molar-refractivity contribution < 1.29 is 4.57 Å². The number of hydrogen-bond donors (Lipinski definition) is 0. The second-order valence-electron chi connectivity index (χ2n) is 5.39. The molecule has 0 saturated carbocycles. The van der Waals surface area contributed by atoms with Gasteiger partial charge in [0, 0.05) is 23.3 Å². The molecule has 110 valence electrons. The summed E-state index contributed by atoms with van der Waals surface area (Å²) < 4.78 is 4.79. The van der Waals surface area contributed by atoms with Gasteiger partial charge >= 0.3 is 5.16 Å². The van der Waals surface area contributed by atoms with Gasteiger partial charge in [-0.25, -0.2) is 4.57 Å². The number of imidazole rings is 1. The zero-order chi connectivity index (χ0) is 15.1. The van der Waals surface area contributed by atoms with E-state index >= 15 is 0 Å². The summed E-state index contributed by atoms with van der Waals surface area (Å²) >= 11 is 7.98. The highest BCUT2D eigenvalue weighted by atomic mass is 35.5. The molecule has 1 aliphatic rings. The van der Waals surface area contributed by atoms with Crippen LogP contribution in [0.3, 0.4) is 0 Å². The summed E-state index contributed by atoms with van der Waals surface area (Å²) in [4.78, 5) is 0. The molecule has 2 heterocycles. The standard InChI is InChI=1S/C18H16ClN2S/c1-13-17(14-7-9-15(19)10-8-14)21(16-5-3-2-4-6-16)18-20(13)11-12-22-18/h2-10H,11-12H2,1H3/q+1. The van der Waals surface area contributed by atoms with Crippen molar-refractivity contribution >= 4 is 23.4 Å². The molecule has 0 saturated heterocycles. The van der Waals surface area contributed by atoms with Crippen LogP contribution in [0.4, 0.5) is 0 Å². The number of nitrogens with zero attached hydrogens (tertiary/aromatic N) is 2. The number of para-hydroxylation sites is 1. The Bertz CT molecular complexity index is 823. The number of fused-ring (bicyclic) bond motifs is 1. The van der Waals surface area contributed by atoms with Crippen LogP contribution in [-0.4, -0.2) is 10.3 Å². The van der Waals surface area contributed by atoms with Gasteiger partial charge in [-0.15, -0.1) is 0 Å². The van der Waals surface area contributed by atoms with Crippen molar-refractivity contribution in [2.75, 3.05) is 5.75 Å². The molecule has 2 aromatic carbocycles. The Labute approximate surface area is 139 Å². The van der Waals surface area contributed by atoms with Crippen LogP contribution in [-0.2, 0) is 6.54 Å². The van der Waals surface area contributed by atoms with Crippen molar-refractivity contribution in [2.24, 2.45) is 0 Å². The van der Waals surface area contributed by atoms with Gasteiger partial charge < -0.3 is 0 Å². The molecule has 0 bridgehead atoms. The Balaban J connectivity index is 2.00. The van der Waals surface area contributed by atoms with Gasteiger partial charge in [0.15, 0.2) is 5.69 Å². The number of rotatable bonds is 2. The predicted molar refractivity (Wildman–Crippen MR) is 91.9 cm³/mol. The highest BCUT2D eigenvalue weighted by Crippen LogP contribution is 2.34. The number of hydrogen-bond acceptors (Lipinski definition) is 1. The number of aromatic nitrogens is 2. The van der Waals surface area contributed by atoms with E-state index in [1.165, 1.54) is 27.8 Å². The maximum absolute atomic E-state index is 6.05. The lowest BCUT2D eigenvalue weighted by atomic mass is 10.1. The van der Waals surface area contributed by atoms with Gasteiger partial charge in [0.1, 0.15) is 17.9 Å². The van der Waals surface area contributed by atoms with E-state index in [0.717, 1.165) is 17.3 Å². The van der Waals surface area contributed by atoms with E-state index in [2.05, 4.69) is 58.5 Å². The monoisotopic (exact) mass is 327 g/mol. The van der Waals surface area contributed by atoms with Crippen molar-refractivity contribution in [2.45, 2.75) is 18.6 Å². The molecule has 22 heavy (non-hydrogen) atoms. The molecule has 0 fully saturated rings. The van der Waals surface area contributed by atoms with Gasteiger partial charge in [0.05, 0.1) is 0 Å². The second kappa shape index (κ2) is 5.49. The zero-order valence-corrected chi connectivity index (χ0v) is 13.9. The summed E-state index contributed by atoms with van der Waals surface area (Å²) in [7, 11) is 0. The van der Waals surface area contributed by atoms with Crippen molar-refractivity contribution in [1.82, 2.24) is 4.57 Å². The van der Waals surface area contributed by atoms with Gasteiger partial charge in [-0.05, 0) is 48.2 Å². The maximum atomic E-state index is 6.05. The van der Waals surface area contributed by atoms with Crippen LogP contribution in [0.5, 0.6) is 0 Å². The Morgan fingerprint density at radius 1 is 1.05 bits per heavy atom. The summed E-state index contributed by atoms with van der Waals surface area (Å²) in [5, 5.41) is 2.09. The molecule has 1 aliphatic heterocycles. The quantitative estimate of drug-likeness (QED) is 0.629. The van der Waals surface area contributed by atoms with Gasteiger partial charge in [-0.1, -0.05) is 29.8 Å². The van der Waals surface area contributed by atoms with Crippen LogP contribution < -0.4 is 4.57 Å². The molecule has 0 N–H and O–H groups in total. The molecule has 0 spiro atoms. The van der Waals surface area contributed by atoms with Crippen LogP contribution in [0.15, 0.2) is 59.8 Å². The molecule has 0 unspecified atom stereocenters. The highest BCUT2D eigenvalue weighted by Gasteiger charge is 2.34. The van der Waals surface area contributed by atoms with Crippen LogP contribution in [0.2, 0.25) is 5.02 Å². The fourth-order valence-electron chi connectivity index (χ4n) is 3.05. The summed E-state index contributed by atoms with van der Waals surface area (Å²) in [6.45, 7) is 3.28. The van der Waals surface area contributed by atoms with Crippen molar-refractivity contribution in [3.05, 3.63) is 65.3 Å². The minimum Gasteiger partial charge on any atom is -0.220 e. The molecule has 4 heteroatoms. The lowest BCUT2D eigenvalue weighted by molar-refractivity contribution is -0.728. The van der Waals surface area contributed by atoms with Crippen LogP contribution >= 0.6 is 23.4 Å². The first-order valence-electron chi connectivity index (χ1n) is 7.35. The second-order valence-corrected chi connectivity index (χ2v) is 6.89. The van der Waals surface area contributed by atoms with Crippen molar-refractivity contribution in [3.8, 4) is 16.9 Å². The first-order valence-corrected chi connectivity index (χ1v) is 8.71. The molecule has 0 radical (unpaired) electrons. The average Bonchev–Trinajstić information content (AvgIpc) is 3.12. The lowest BCUT2D eigenvalue weighted by Crippen LogP contribution is -2.34.